The fraction of sp³-hybridized carbons (Fsp3) is 0.278. The summed E-state index contributed by atoms with van der Waals surface area (Å²) in [7, 11) is 1.89. The predicted octanol–water partition coefficient (Wildman–Crippen LogP) is 3.94. The number of hydrogen-bond acceptors (Lipinski definition) is 4. The molecule has 0 saturated heterocycles. The van der Waals surface area contributed by atoms with Gasteiger partial charge in [0.05, 0.1) is 6.54 Å². The molecular weight excluding hydrogens is 408 g/mol. The van der Waals surface area contributed by atoms with Gasteiger partial charge in [0.2, 0.25) is 5.91 Å². The molecule has 0 fully saturated rings. The molecule has 7 heteroatoms. The Kier molecular flexibility index (Phi) is 5.83. The first-order chi connectivity index (χ1) is 12.0. The minimum absolute atomic E-state index is 0.0847. The summed E-state index contributed by atoms with van der Waals surface area (Å²) in [5.74, 6) is 1.40. The van der Waals surface area contributed by atoms with Gasteiger partial charge in [-0.2, -0.15) is 0 Å². The molecule has 0 atom stereocenters. The third-order valence-electron chi connectivity index (χ3n) is 3.69. The van der Waals surface area contributed by atoms with Crippen LogP contribution in [-0.2, 0) is 11.3 Å². The summed E-state index contributed by atoms with van der Waals surface area (Å²) < 4.78 is 12.1. The van der Waals surface area contributed by atoms with Crippen molar-refractivity contribution in [3.63, 3.8) is 0 Å². The Morgan fingerprint density at radius 2 is 1.84 bits per heavy atom. The van der Waals surface area contributed by atoms with Gasteiger partial charge < -0.3 is 14.8 Å². The third-order valence-corrected chi connectivity index (χ3v) is 4.68. The van der Waals surface area contributed by atoms with Crippen LogP contribution in [-0.4, -0.2) is 37.6 Å². The maximum atomic E-state index is 12.2. The van der Waals surface area contributed by atoms with E-state index in [1.807, 2.05) is 24.1 Å². The van der Waals surface area contributed by atoms with E-state index in [1.54, 1.807) is 24.3 Å². The first-order valence-electron chi connectivity index (χ1n) is 7.83. The van der Waals surface area contributed by atoms with Crippen LogP contribution >= 0.6 is 27.5 Å². The third kappa shape index (κ3) is 4.87. The lowest BCUT2D eigenvalue weighted by molar-refractivity contribution is -0.117. The van der Waals surface area contributed by atoms with Crippen LogP contribution in [0.15, 0.2) is 40.9 Å². The number of fused-ring (bicyclic) bond motifs is 1. The monoisotopic (exact) mass is 424 g/mol. The maximum Gasteiger partial charge on any atom is 0.238 e. The number of carbonyl (C=O) groups excluding carboxylic acids is 1. The molecular formula is C18H18BrClN2O3. The summed E-state index contributed by atoms with van der Waals surface area (Å²) in [6.07, 6.45) is 0. The lowest BCUT2D eigenvalue weighted by atomic mass is 10.2. The number of likely N-dealkylation sites (N-methyl/N-ethyl adjacent to an activating group) is 1. The molecule has 2 aromatic rings. The summed E-state index contributed by atoms with van der Waals surface area (Å²) in [5.41, 5.74) is 1.76. The molecule has 3 rings (SSSR count). The van der Waals surface area contributed by atoms with Crippen molar-refractivity contribution in [2.75, 3.05) is 32.1 Å². The van der Waals surface area contributed by atoms with E-state index in [0.717, 1.165) is 27.2 Å². The lowest BCUT2D eigenvalue weighted by Gasteiger charge is -2.22. The Morgan fingerprint density at radius 3 is 2.52 bits per heavy atom. The molecule has 25 heavy (non-hydrogen) atoms. The van der Waals surface area contributed by atoms with E-state index in [1.165, 1.54) is 0 Å². The Balaban J connectivity index is 1.59. The van der Waals surface area contributed by atoms with E-state index in [4.69, 9.17) is 21.1 Å². The zero-order valence-corrected chi connectivity index (χ0v) is 16.1. The number of rotatable bonds is 5. The van der Waals surface area contributed by atoms with E-state index >= 15 is 0 Å². The maximum absolute atomic E-state index is 12.2. The number of hydrogen-bond donors (Lipinski definition) is 1. The van der Waals surface area contributed by atoms with E-state index in [2.05, 4.69) is 21.2 Å². The molecule has 0 aliphatic carbocycles. The Bertz CT molecular complexity index is 768. The predicted molar refractivity (Wildman–Crippen MR) is 102 cm³/mol. The lowest BCUT2D eigenvalue weighted by Crippen LogP contribution is -2.30. The van der Waals surface area contributed by atoms with Crippen molar-refractivity contribution in [3.05, 3.63) is 51.5 Å². The average Bonchev–Trinajstić information content (AvgIpc) is 2.57. The highest BCUT2D eigenvalue weighted by atomic mass is 79.9. The number of nitrogens with one attached hydrogen (secondary N) is 1. The van der Waals surface area contributed by atoms with Crippen LogP contribution in [0.4, 0.5) is 5.69 Å². The quantitative estimate of drug-likeness (QED) is 0.788. The molecule has 1 aliphatic rings. The second-order valence-corrected chi connectivity index (χ2v) is 7.11. The fourth-order valence-corrected chi connectivity index (χ4v) is 3.13. The van der Waals surface area contributed by atoms with Crippen molar-refractivity contribution >= 4 is 39.1 Å². The molecule has 0 bridgehead atoms. The standard InChI is InChI=1S/C18H18BrClN2O3/c1-22(11-18(23)21-14-4-2-13(20)3-5-14)10-12-8-16-17(9-15(12)19)25-7-6-24-16/h2-5,8-9H,6-7,10-11H2,1H3,(H,21,23). The summed E-state index contributed by atoms with van der Waals surface area (Å²) in [6, 6.07) is 10.9. The van der Waals surface area contributed by atoms with Crippen molar-refractivity contribution in [2.45, 2.75) is 6.54 Å². The first-order valence-corrected chi connectivity index (χ1v) is 9.00. The van der Waals surface area contributed by atoms with Crippen molar-refractivity contribution in [1.82, 2.24) is 4.90 Å². The molecule has 132 valence electrons. The van der Waals surface area contributed by atoms with Gasteiger partial charge in [0.1, 0.15) is 13.2 Å². The summed E-state index contributed by atoms with van der Waals surface area (Å²) in [4.78, 5) is 14.1. The van der Waals surface area contributed by atoms with E-state index in [9.17, 15) is 4.79 Å². The van der Waals surface area contributed by atoms with Gasteiger partial charge in [0.25, 0.3) is 0 Å². The second-order valence-electron chi connectivity index (χ2n) is 5.81. The number of halogens is 2. The van der Waals surface area contributed by atoms with Gasteiger partial charge >= 0.3 is 0 Å². The van der Waals surface area contributed by atoms with Gasteiger partial charge in [0.15, 0.2) is 11.5 Å². The SMILES string of the molecule is CN(CC(=O)Nc1ccc(Cl)cc1)Cc1cc2c(cc1Br)OCCO2. The molecule has 0 spiro atoms. The molecule has 5 nitrogen and oxygen atoms in total. The van der Waals surface area contributed by atoms with Crippen LogP contribution < -0.4 is 14.8 Å². The summed E-state index contributed by atoms with van der Waals surface area (Å²) in [6.45, 7) is 1.98. The first kappa shape index (κ1) is 18.0. The van der Waals surface area contributed by atoms with Crippen LogP contribution in [0, 0.1) is 0 Å². The van der Waals surface area contributed by atoms with Gasteiger partial charge in [-0.1, -0.05) is 27.5 Å². The van der Waals surface area contributed by atoms with Crippen LogP contribution in [0.2, 0.25) is 5.02 Å². The van der Waals surface area contributed by atoms with Gasteiger partial charge in [-0.15, -0.1) is 0 Å². The number of ether oxygens (including phenoxy) is 2. The molecule has 1 aliphatic heterocycles. The highest BCUT2D eigenvalue weighted by Crippen LogP contribution is 2.35. The smallest absolute Gasteiger partial charge is 0.238 e. The van der Waals surface area contributed by atoms with Crippen molar-refractivity contribution in [2.24, 2.45) is 0 Å². The normalized spacial score (nSPS) is 13.0. The Morgan fingerprint density at radius 1 is 1.20 bits per heavy atom. The summed E-state index contributed by atoms with van der Waals surface area (Å²) in [5, 5.41) is 3.49. The number of anilines is 1. The largest absolute Gasteiger partial charge is 0.486 e. The van der Waals surface area contributed by atoms with E-state index in [-0.39, 0.29) is 12.5 Å². The van der Waals surface area contributed by atoms with Crippen LogP contribution in [0.25, 0.3) is 0 Å². The minimum Gasteiger partial charge on any atom is -0.486 e. The molecule has 0 radical (unpaired) electrons. The zero-order valence-electron chi connectivity index (χ0n) is 13.7. The molecule has 1 amide bonds. The van der Waals surface area contributed by atoms with Gasteiger partial charge in [-0.05, 0) is 49.0 Å². The fourth-order valence-electron chi connectivity index (χ4n) is 2.55. The molecule has 1 N–H and O–H groups in total. The highest BCUT2D eigenvalue weighted by molar-refractivity contribution is 9.10. The average molecular weight is 426 g/mol. The van der Waals surface area contributed by atoms with Gasteiger partial charge in [0, 0.05) is 21.7 Å². The number of nitrogens with zero attached hydrogens (tertiary/aromatic N) is 1. The molecule has 0 saturated carbocycles. The van der Waals surface area contributed by atoms with Crippen molar-refractivity contribution < 1.29 is 14.3 Å². The topological polar surface area (TPSA) is 50.8 Å². The van der Waals surface area contributed by atoms with Crippen molar-refractivity contribution in [1.29, 1.82) is 0 Å². The van der Waals surface area contributed by atoms with Crippen molar-refractivity contribution in [3.8, 4) is 11.5 Å². The Labute approximate surface area is 160 Å². The highest BCUT2D eigenvalue weighted by Gasteiger charge is 2.16. The second kappa shape index (κ2) is 8.08. The molecule has 2 aromatic carbocycles. The van der Waals surface area contributed by atoms with E-state index in [0.29, 0.717) is 24.8 Å². The van der Waals surface area contributed by atoms with Crippen LogP contribution in [0.1, 0.15) is 5.56 Å². The Hall–Kier alpha value is -1.76. The molecule has 0 unspecified atom stereocenters. The zero-order chi connectivity index (χ0) is 17.8. The molecule has 0 aromatic heterocycles. The minimum atomic E-state index is -0.0847. The van der Waals surface area contributed by atoms with Crippen LogP contribution in [0.5, 0.6) is 11.5 Å². The number of carbonyl (C=O) groups is 1. The van der Waals surface area contributed by atoms with Gasteiger partial charge in [-0.3, -0.25) is 9.69 Å². The van der Waals surface area contributed by atoms with Gasteiger partial charge in [-0.25, -0.2) is 0 Å². The molecule has 1 heterocycles. The number of amides is 1. The number of benzene rings is 2. The summed E-state index contributed by atoms with van der Waals surface area (Å²) >= 11 is 9.40. The van der Waals surface area contributed by atoms with E-state index < -0.39 is 0 Å². The van der Waals surface area contributed by atoms with Crippen LogP contribution in [0.3, 0.4) is 0 Å².